The van der Waals surface area contributed by atoms with Gasteiger partial charge in [-0.15, -0.1) is 0 Å². The summed E-state index contributed by atoms with van der Waals surface area (Å²) in [6.45, 7) is 0. The lowest BCUT2D eigenvalue weighted by Gasteiger charge is -2.16. The summed E-state index contributed by atoms with van der Waals surface area (Å²) < 4.78 is 0.819. The van der Waals surface area contributed by atoms with Crippen molar-refractivity contribution >= 4 is 33.5 Å². The molecule has 1 aromatic heterocycles. The Morgan fingerprint density at radius 2 is 2.14 bits per heavy atom. The summed E-state index contributed by atoms with van der Waals surface area (Å²) in [5, 5.41) is 1.43. The van der Waals surface area contributed by atoms with Crippen molar-refractivity contribution in [1.82, 2.24) is 4.98 Å². The minimum Gasteiger partial charge on any atom is -0.358 e. The van der Waals surface area contributed by atoms with Crippen LogP contribution in [0.2, 0.25) is 0 Å². The summed E-state index contributed by atoms with van der Waals surface area (Å²) in [6.07, 6.45) is 3.78. The minimum atomic E-state index is 0.819. The van der Waals surface area contributed by atoms with Gasteiger partial charge in [-0.3, -0.25) is 0 Å². The van der Waals surface area contributed by atoms with Crippen LogP contribution in [0.1, 0.15) is 17.7 Å². The molecule has 0 spiro atoms. The van der Waals surface area contributed by atoms with Crippen molar-refractivity contribution in [1.29, 1.82) is 0 Å². The number of nitrogens with one attached hydrogen (secondary N) is 1. The highest BCUT2D eigenvalue weighted by Gasteiger charge is 2.19. The van der Waals surface area contributed by atoms with Crippen molar-refractivity contribution in [3.05, 3.63) is 35.5 Å². The highest BCUT2D eigenvalue weighted by molar-refractivity contribution is 14.1. The van der Waals surface area contributed by atoms with Crippen molar-refractivity contribution in [3.8, 4) is 0 Å². The van der Waals surface area contributed by atoms with Gasteiger partial charge < -0.3 is 4.98 Å². The highest BCUT2D eigenvalue weighted by atomic mass is 127. The fourth-order valence-electron chi connectivity index (χ4n) is 2.33. The number of aromatic nitrogens is 1. The van der Waals surface area contributed by atoms with Gasteiger partial charge in [0.2, 0.25) is 0 Å². The van der Waals surface area contributed by atoms with Gasteiger partial charge in [0, 0.05) is 20.5 Å². The van der Waals surface area contributed by atoms with Crippen molar-refractivity contribution in [2.24, 2.45) is 0 Å². The Bertz CT molecular complexity index is 472. The van der Waals surface area contributed by atoms with Crippen LogP contribution >= 0.6 is 22.6 Å². The van der Waals surface area contributed by atoms with E-state index in [1.54, 1.807) is 5.56 Å². The Morgan fingerprint density at radius 3 is 3.07 bits per heavy atom. The number of halogens is 1. The molecule has 1 atom stereocenters. The van der Waals surface area contributed by atoms with Gasteiger partial charge in [0.05, 0.1) is 0 Å². The smallest absolute Gasteiger partial charge is 0.0458 e. The first kappa shape index (κ1) is 8.77. The second kappa shape index (κ2) is 3.26. The van der Waals surface area contributed by atoms with Crippen LogP contribution in [0, 0.1) is 0 Å². The number of hydrogen-bond donors (Lipinski definition) is 1. The molecule has 1 aromatic carbocycles. The van der Waals surface area contributed by atoms with Crippen molar-refractivity contribution in [2.45, 2.75) is 23.2 Å². The maximum absolute atomic E-state index is 3.53. The van der Waals surface area contributed by atoms with E-state index in [-0.39, 0.29) is 0 Å². The van der Waals surface area contributed by atoms with E-state index in [0.717, 1.165) is 3.92 Å². The Hall–Kier alpha value is -0.510. The lowest BCUT2D eigenvalue weighted by molar-refractivity contribution is 0.716. The SMILES string of the molecule is I[C@@H]1CCc2[nH]c3ccccc3c2C1. The third-order valence-electron chi connectivity index (χ3n) is 3.04. The lowest BCUT2D eigenvalue weighted by Crippen LogP contribution is -2.12. The first-order valence-electron chi connectivity index (χ1n) is 5.07. The standard InChI is InChI=1S/C12H12IN/c13-8-5-6-12-10(7-8)9-3-1-2-4-11(9)14-12/h1-4,8,14H,5-7H2/t8-/m1/s1. The first-order chi connectivity index (χ1) is 6.84. The number of hydrogen-bond acceptors (Lipinski definition) is 0. The van der Waals surface area contributed by atoms with E-state index >= 15 is 0 Å². The lowest BCUT2D eigenvalue weighted by atomic mass is 9.96. The number of benzene rings is 1. The molecular weight excluding hydrogens is 285 g/mol. The largest absolute Gasteiger partial charge is 0.358 e. The van der Waals surface area contributed by atoms with E-state index in [2.05, 4.69) is 51.8 Å². The molecule has 2 heteroatoms. The predicted molar refractivity (Wildman–Crippen MR) is 68.1 cm³/mol. The molecule has 72 valence electrons. The van der Waals surface area contributed by atoms with Gasteiger partial charge in [-0.05, 0) is 30.9 Å². The first-order valence-corrected chi connectivity index (χ1v) is 6.31. The summed E-state index contributed by atoms with van der Waals surface area (Å²) in [6, 6.07) is 8.65. The molecule has 1 nitrogen and oxygen atoms in total. The number of aromatic amines is 1. The van der Waals surface area contributed by atoms with Crippen LogP contribution in [0.5, 0.6) is 0 Å². The maximum atomic E-state index is 3.53. The van der Waals surface area contributed by atoms with Gasteiger partial charge in [-0.1, -0.05) is 40.8 Å². The molecule has 1 heterocycles. The zero-order valence-electron chi connectivity index (χ0n) is 7.89. The molecule has 0 unspecified atom stereocenters. The normalized spacial score (nSPS) is 21.1. The van der Waals surface area contributed by atoms with Crippen LogP contribution in [0.15, 0.2) is 24.3 Å². The van der Waals surface area contributed by atoms with Gasteiger partial charge in [0.25, 0.3) is 0 Å². The Labute approximate surface area is 97.0 Å². The van der Waals surface area contributed by atoms with Gasteiger partial charge in [-0.25, -0.2) is 0 Å². The molecule has 2 aromatic rings. The summed E-state index contributed by atoms with van der Waals surface area (Å²) in [5.74, 6) is 0. The van der Waals surface area contributed by atoms with Gasteiger partial charge in [0.15, 0.2) is 0 Å². The molecule has 0 bridgehead atoms. The van der Waals surface area contributed by atoms with E-state index in [1.165, 1.54) is 35.9 Å². The second-order valence-corrected chi connectivity index (χ2v) is 5.73. The van der Waals surface area contributed by atoms with Crippen LogP contribution in [0.4, 0.5) is 0 Å². The fraction of sp³-hybridized carbons (Fsp3) is 0.333. The third kappa shape index (κ3) is 1.28. The number of fused-ring (bicyclic) bond motifs is 3. The molecule has 1 N–H and O–H groups in total. The Morgan fingerprint density at radius 1 is 1.29 bits per heavy atom. The van der Waals surface area contributed by atoms with Gasteiger partial charge >= 0.3 is 0 Å². The number of H-pyrrole nitrogens is 1. The van der Waals surface area contributed by atoms with Crippen molar-refractivity contribution < 1.29 is 0 Å². The molecule has 14 heavy (non-hydrogen) atoms. The summed E-state index contributed by atoms with van der Waals surface area (Å²) in [7, 11) is 0. The average Bonchev–Trinajstić information content (AvgIpc) is 2.56. The number of aryl methyl sites for hydroxylation is 1. The third-order valence-corrected chi connectivity index (χ3v) is 4.10. The summed E-state index contributed by atoms with van der Waals surface area (Å²) >= 11 is 2.57. The molecule has 1 aliphatic carbocycles. The zero-order valence-corrected chi connectivity index (χ0v) is 10.0. The van der Waals surface area contributed by atoms with Gasteiger partial charge in [0.1, 0.15) is 0 Å². The second-order valence-electron chi connectivity index (χ2n) is 3.97. The van der Waals surface area contributed by atoms with E-state index in [4.69, 9.17) is 0 Å². The molecule has 0 aliphatic heterocycles. The highest BCUT2D eigenvalue weighted by Crippen LogP contribution is 2.31. The number of alkyl halides is 1. The monoisotopic (exact) mass is 297 g/mol. The van der Waals surface area contributed by atoms with Crippen LogP contribution in [-0.4, -0.2) is 8.91 Å². The number of rotatable bonds is 0. The number of para-hydroxylation sites is 1. The molecule has 0 amide bonds. The van der Waals surface area contributed by atoms with Crippen molar-refractivity contribution in [3.63, 3.8) is 0 Å². The molecular formula is C12H12IN. The molecule has 0 saturated carbocycles. The van der Waals surface area contributed by atoms with E-state index < -0.39 is 0 Å². The topological polar surface area (TPSA) is 15.8 Å². The van der Waals surface area contributed by atoms with Gasteiger partial charge in [-0.2, -0.15) is 0 Å². The zero-order chi connectivity index (χ0) is 9.54. The molecule has 3 rings (SSSR count). The minimum absolute atomic E-state index is 0.819. The van der Waals surface area contributed by atoms with E-state index in [1.807, 2.05) is 0 Å². The van der Waals surface area contributed by atoms with Crippen LogP contribution in [-0.2, 0) is 12.8 Å². The average molecular weight is 297 g/mol. The quantitative estimate of drug-likeness (QED) is 0.566. The van der Waals surface area contributed by atoms with Crippen LogP contribution in [0.25, 0.3) is 10.9 Å². The van der Waals surface area contributed by atoms with E-state index in [9.17, 15) is 0 Å². The molecule has 1 aliphatic rings. The van der Waals surface area contributed by atoms with Crippen LogP contribution in [0.3, 0.4) is 0 Å². The maximum Gasteiger partial charge on any atom is 0.0458 e. The molecule has 0 fully saturated rings. The molecule has 0 radical (unpaired) electrons. The summed E-state index contributed by atoms with van der Waals surface area (Å²) in [4.78, 5) is 3.53. The fourth-order valence-corrected chi connectivity index (χ4v) is 3.08. The Kier molecular flexibility index (Phi) is 2.04. The summed E-state index contributed by atoms with van der Waals surface area (Å²) in [5.41, 5.74) is 4.34. The predicted octanol–water partition coefficient (Wildman–Crippen LogP) is 3.46. The van der Waals surface area contributed by atoms with E-state index in [0.29, 0.717) is 0 Å². The van der Waals surface area contributed by atoms with Crippen molar-refractivity contribution in [2.75, 3.05) is 0 Å². The van der Waals surface area contributed by atoms with Crippen LogP contribution < -0.4 is 0 Å². The molecule has 0 saturated heterocycles. The Balaban J connectivity index is 2.25.